The van der Waals surface area contributed by atoms with Gasteiger partial charge < -0.3 is 16.0 Å². The molecule has 156 valence electrons. The first-order valence-corrected chi connectivity index (χ1v) is 10.8. The van der Waals surface area contributed by atoms with Crippen molar-refractivity contribution in [3.05, 3.63) is 53.4 Å². The topological polar surface area (TPSA) is 83.1 Å². The summed E-state index contributed by atoms with van der Waals surface area (Å²) in [5, 5.41) is 11.6. The highest BCUT2D eigenvalue weighted by Gasteiger charge is 2.12. The van der Waals surface area contributed by atoms with Crippen LogP contribution in [0, 0.1) is 0 Å². The lowest BCUT2D eigenvalue weighted by atomic mass is 9.99. The van der Waals surface area contributed by atoms with Gasteiger partial charge in [0.15, 0.2) is 5.13 Å². The van der Waals surface area contributed by atoms with Crippen LogP contribution in [-0.2, 0) is 9.59 Å². The number of aromatic nitrogens is 1. The average molecular weight is 423 g/mol. The zero-order valence-electron chi connectivity index (χ0n) is 17.6. The number of carbonyl (C=O) groups is 2. The zero-order chi connectivity index (χ0) is 21.7. The summed E-state index contributed by atoms with van der Waals surface area (Å²) in [6, 6.07) is 13.8. The molecule has 2 amide bonds. The molecule has 0 saturated heterocycles. The van der Waals surface area contributed by atoms with Crippen molar-refractivity contribution in [2.75, 3.05) is 16.0 Å². The molecule has 0 aliphatic rings. The summed E-state index contributed by atoms with van der Waals surface area (Å²) in [6.07, 6.45) is 1.11. The van der Waals surface area contributed by atoms with Crippen LogP contribution in [0.4, 0.5) is 22.2 Å². The third-order valence-corrected chi connectivity index (χ3v) is 5.53. The maximum atomic E-state index is 11.6. The number of nitrogens with one attached hydrogen (secondary N) is 3. The summed E-state index contributed by atoms with van der Waals surface area (Å²) in [7, 11) is 0. The molecule has 1 heterocycles. The molecule has 3 rings (SSSR count). The van der Waals surface area contributed by atoms with Crippen LogP contribution in [-0.4, -0.2) is 16.8 Å². The second-order valence-corrected chi connectivity index (χ2v) is 8.08. The van der Waals surface area contributed by atoms with E-state index in [1.807, 2.05) is 11.4 Å². The summed E-state index contributed by atoms with van der Waals surface area (Å²) >= 11 is 1.49. The highest BCUT2D eigenvalue weighted by atomic mass is 32.1. The lowest BCUT2D eigenvalue weighted by molar-refractivity contribution is -0.115. The number of carbonyl (C=O) groups excluding carboxylic acids is 2. The predicted octanol–water partition coefficient (Wildman–Crippen LogP) is 5.98. The Labute approximate surface area is 180 Å². The van der Waals surface area contributed by atoms with Crippen molar-refractivity contribution in [3.8, 4) is 11.3 Å². The Bertz CT molecular complexity index is 1040. The number of amides is 2. The molecular weight excluding hydrogens is 396 g/mol. The van der Waals surface area contributed by atoms with Crippen LogP contribution in [0.25, 0.3) is 11.3 Å². The van der Waals surface area contributed by atoms with Gasteiger partial charge in [0.25, 0.3) is 0 Å². The Balaban J connectivity index is 1.82. The molecule has 1 atom stereocenters. The first kappa shape index (κ1) is 21.5. The molecule has 0 aliphatic carbocycles. The van der Waals surface area contributed by atoms with Crippen LogP contribution in [0.3, 0.4) is 0 Å². The lowest BCUT2D eigenvalue weighted by Gasteiger charge is -2.11. The van der Waals surface area contributed by atoms with Crippen LogP contribution in [0.1, 0.15) is 45.6 Å². The molecule has 0 saturated carbocycles. The van der Waals surface area contributed by atoms with Gasteiger partial charge in [-0.1, -0.05) is 26.0 Å². The van der Waals surface area contributed by atoms with Crippen LogP contribution >= 0.6 is 11.3 Å². The number of benzene rings is 2. The highest BCUT2D eigenvalue weighted by Crippen LogP contribution is 2.34. The van der Waals surface area contributed by atoms with E-state index in [0.717, 1.165) is 28.5 Å². The van der Waals surface area contributed by atoms with Crippen molar-refractivity contribution in [2.24, 2.45) is 0 Å². The quantitative estimate of drug-likeness (QED) is 0.437. The van der Waals surface area contributed by atoms with E-state index in [2.05, 4.69) is 59.0 Å². The Kier molecular flexibility index (Phi) is 6.84. The van der Waals surface area contributed by atoms with E-state index in [4.69, 9.17) is 0 Å². The minimum Gasteiger partial charge on any atom is -0.332 e. The number of nitrogens with zero attached hydrogens (tertiary/aromatic N) is 1. The van der Waals surface area contributed by atoms with Gasteiger partial charge in [-0.25, -0.2) is 4.98 Å². The molecule has 1 aromatic heterocycles. The summed E-state index contributed by atoms with van der Waals surface area (Å²) in [5.74, 6) is 0.181. The fourth-order valence-electron chi connectivity index (χ4n) is 3.05. The van der Waals surface area contributed by atoms with Crippen molar-refractivity contribution in [1.82, 2.24) is 4.98 Å². The molecule has 6 nitrogen and oxygen atoms in total. The summed E-state index contributed by atoms with van der Waals surface area (Å²) in [5.41, 5.74) is 5.05. The smallest absolute Gasteiger partial charge is 0.221 e. The van der Waals surface area contributed by atoms with Crippen LogP contribution in [0.15, 0.2) is 47.8 Å². The van der Waals surface area contributed by atoms with E-state index >= 15 is 0 Å². The maximum absolute atomic E-state index is 11.6. The fourth-order valence-corrected chi connectivity index (χ4v) is 3.78. The zero-order valence-corrected chi connectivity index (χ0v) is 18.4. The minimum atomic E-state index is -0.189. The molecule has 0 bridgehead atoms. The van der Waals surface area contributed by atoms with E-state index in [9.17, 15) is 9.59 Å². The van der Waals surface area contributed by atoms with Gasteiger partial charge >= 0.3 is 0 Å². The second-order valence-electron chi connectivity index (χ2n) is 7.22. The number of anilines is 4. The molecule has 2 aromatic carbocycles. The van der Waals surface area contributed by atoms with E-state index < -0.39 is 0 Å². The monoisotopic (exact) mass is 422 g/mol. The van der Waals surface area contributed by atoms with E-state index in [1.165, 1.54) is 30.7 Å². The molecule has 30 heavy (non-hydrogen) atoms. The van der Waals surface area contributed by atoms with E-state index in [0.29, 0.717) is 17.3 Å². The normalized spacial score (nSPS) is 11.6. The van der Waals surface area contributed by atoms with Gasteiger partial charge in [0, 0.05) is 36.2 Å². The van der Waals surface area contributed by atoms with Gasteiger partial charge in [0.05, 0.1) is 11.4 Å². The Morgan fingerprint density at radius 1 is 1.00 bits per heavy atom. The van der Waals surface area contributed by atoms with Crippen LogP contribution < -0.4 is 16.0 Å². The molecule has 0 unspecified atom stereocenters. The van der Waals surface area contributed by atoms with Gasteiger partial charge in [-0.3, -0.25) is 9.59 Å². The van der Waals surface area contributed by atoms with Crippen molar-refractivity contribution < 1.29 is 9.59 Å². The van der Waals surface area contributed by atoms with Crippen molar-refractivity contribution in [1.29, 1.82) is 0 Å². The standard InChI is InChI=1S/C23H26N4O2S/c1-5-14(2)17-6-8-18(9-7-17)26-23-27-22(13-30-23)20-11-10-19(24-15(3)28)12-21(20)25-16(4)29/h6-14H,5H2,1-4H3,(H,24,28)(H,25,29)(H,26,27)/t14-/m0/s1. The maximum Gasteiger partial charge on any atom is 0.221 e. The molecule has 7 heteroatoms. The molecule has 0 fully saturated rings. The summed E-state index contributed by atoms with van der Waals surface area (Å²) < 4.78 is 0. The number of thiazole rings is 1. The van der Waals surface area contributed by atoms with Gasteiger partial charge in [0.1, 0.15) is 0 Å². The summed E-state index contributed by atoms with van der Waals surface area (Å²) in [4.78, 5) is 27.7. The van der Waals surface area contributed by atoms with Crippen molar-refractivity contribution in [2.45, 2.75) is 40.0 Å². The van der Waals surface area contributed by atoms with Gasteiger partial charge in [-0.15, -0.1) is 11.3 Å². The van der Waals surface area contributed by atoms with E-state index in [-0.39, 0.29) is 11.8 Å². The summed E-state index contributed by atoms with van der Waals surface area (Å²) in [6.45, 7) is 7.30. The largest absolute Gasteiger partial charge is 0.332 e. The molecule has 3 aromatic rings. The van der Waals surface area contributed by atoms with Crippen LogP contribution in [0.5, 0.6) is 0 Å². The predicted molar refractivity (Wildman–Crippen MR) is 125 cm³/mol. The number of hydrogen-bond donors (Lipinski definition) is 3. The first-order valence-electron chi connectivity index (χ1n) is 9.87. The van der Waals surface area contributed by atoms with E-state index in [1.54, 1.807) is 12.1 Å². The molecule has 0 aliphatic heterocycles. The Morgan fingerprint density at radius 3 is 2.30 bits per heavy atom. The Hall–Kier alpha value is -3.19. The van der Waals surface area contributed by atoms with Gasteiger partial charge in [-0.05, 0) is 48.2 Å². The van der Waals surface area contributed by atoms with Crippen molar-refractivity contribution >= 4 is 45.3 Å². The third-order valence-electron chi connectivity index (χ3n) is 4.77. The third kappa shape index (κ3) is 5.45. The van der Waals surface area contributed by atoms with Gasteiger partial charge in [0.2, 0.25) is 11.8 Å². The van der Waals surface area contributed by atoms with Gasteiger partial charge in [-0.2, -0.15) is 0 Å². The number of rotatable bonds is 7. The fraction of sp³-hybridized carbons (Fsp3) is 0.261. The molecule has 3 N–H and O–H groups in total. The van der Waals surface area contributed by atoms with Crippen LogP contribution in [0.2, 0.25) is 0 Å². The SMILES string of the molecule is CC[C@H](C)c1ccc(Nc2nc(-c3ccc(NC(C)=O)cc3NC(C)=O)cs2)cc1. The average Bonchev–Trinajstić information content (AvgIpc) is 3.15. The molecular formula is C23H26N4O2S. The number of hydrogen-bond acceptors (Lipinski definition) is 5. The molecule has 0 radical (unpaired) electrons. The second kappa shape index (κ2) is 9.54. The first-order chi connectivity index (χ1) is 14.4. The Morgan fingerprint density at radius 2 is 1.67 bits per heavy atom. The highest BCUT2D eigenvalue weighted by molar-refractivity contribution is 7.14. The molecule has 0 spiro atoms. The minimum absolute atomic E-state index is 0.170. The van der Waals surface area contributed by atoms with Crippen molar-refractivity contribution in [3.63, 3.8) is 0 Å². The lowest BCUT2D eigenvalue weighted by Crippen LogP contribution is -2.09.